The van der Waals surface area contributed by atoms with E-state index in [9.17, 15) is 18.0 Å². The Hall–Kier alpha value is -2.28. The zero-order chi connectivity index (χ0) is 16.6. The number of alkyl halides is 4. The molecular formula is C15H10ClF3N2O2. The van der Waals surface area contributed by atoms with Crippen LogP contribution in [0.3, 0.4) is 0 Å². The molecule has 0 spiro atoms. The molecule has 0 amide bonds. The fraction of sp³-hybridized carbons (Fsp3) is 0.200. The fourth-order valence-corrected chi connectivity index (χ4v) is 2.55. The van der Waals surface area contributed by atoms with E-state index in [0.29, 0.717) is 0 Å². The summed E-state index contributed by atoms with van der Waals surface area (Å²) in [6.45, 7) is 0. The number of carbonyl (C=O) groups is 1. The van der Waals surface area contributed by atoms with Crippen molar-refractivity contribution < 1.29 is 22.7 Å². The van der Waals surface area contributed by atoms with Crippen LogP contribution < -0.4 is 4.90 Å². The van der Waals surface area contributed by atoms with Crippen LogP contribution in [-0.2, 0) is 10.9 Å². The van der Waals surface area contributed by atoms with Gasteiger partial charge in [-0.25, -0.2) is 9.78 Å². The number of hydrogen-bond donors (Lipinski definition) is 0. The van der Waals surface area contributed by atoms with Crippen molar-refractivity contribution in [1.29, 1.82) is 0 Å². The molecule has 3 rings (SSSR count). The molecule has 0 aliphatic carbocycles. The van der Waals surface area contributed by atoms with E-state index in [0.717, 1.165) is 12.1 Å². The standard InChI is InChI=1S/C15H10ClF3N2O2/c16-8-12-21(10-4-1-3-9(7-10)15(17,18)19)13-11(14(22)23-12)5-2-6-20-13/h1-7,12H,8H2. The van der Waals surface area contributed by atoms with Gasteiger partial charge in [0.25, 0.3) is 0 Å². The van der Waals surface area contributed by atoms with Crippen LogP contribution in [-0.4, -0.2) is 23.1 Å². The lowest BCUT2D eigenvalue weighted by atomic mass is 10.1. The summed E-state index contributed by atoms with van der Waals surface area (Å²) in [7, 11) is 0. The zero-order valence-corrected chi connectivity index (χ0v) is 12.3. The minimum Gasteiger partial charge on any atom is -0.436 e. The molecule has 23 heavy (non-hydrogen) atoms. The van der Waals surface area contributed by atoms with E-state index in [1.807, 2.05) is 0 Å². The van der Waals surface area contributed by atoms with Crippen molar-refractivity contribution in [3.63, 3.8) is 0 Å². The van der Waals surface area contributed by atoms with Gasteiger partial charge in [-0.2, -0.15) is 13.2 Å². The molecule has 4 nitrogen and oxygen atoms in total. The van der Waals surface area contributed by atoms with E-state index in [2.05, 4.69) is 4.98 Å². The number of halogens is 4. The van der Waals surface area contributed by atoms with Crippen LogP contribution in [0, 0.1) is 0 Å². The number of benzene rings is 1. The maximum absolute atomic E-state index is 12.9. The van der Waals surface area contributed by atoms with Gasteiger partial charge in [0.05, 0.1) is 11.4 Å². The maximum Gasteiger partial charge on any atom is 0.416 e. The molecule has 2 heterocycles. The van der Waals surface area contributed by atoms with Crippen LogP contribution in [0.2, 0.25) is 0 Å². The average molecular weight is 343 g/mol. The smallest absolute Gasteiger partial charge is 0.416 e. The average Bonchev–Trinajstić information content (AvgIpc) is 2.54. The second-order valence-electron chi connectivity index (χ2n) is 4.81. The molecule has 1 aliphatic rings. The Morgan fingerprint density at radius 3 is 2.74 bits per heavy atom. The van der Waals surface area contributed by atoms with Gasteiger partial charge < -0.3 is 4.74 Å². The summed E-state index contributed by atoms with van der Waals surface area (Å²) in [5, 5.41) is 0. The molecule has 0 radical (unpaired) electrons. The number of cyclic esters (lactones) is 1. The Labute approximate surface area is 134 Å². The minimum atomic E-state index is -4.48. The normalized spacial score (nSPS) is 17.7. The second-order valence-corrected chi connectivity index (χ2v) is 5.12. The number of fused-ring (bicyclic) bond motifs is 1. The Balaban J connectivity index is 2.13. The highest BCUT2D eigenvalue weighted by Crippen LogP contribution is 2.37. The van der Waals surface area contributed by atoms with Crippen molar-refractivity contribution in [3.8, 4) is 0 Å². The van der Waals surface area contributed by atoms with Gasteiger partial charge in [-0.1, -0.05) is 6.07 Å². The van der Waals surface area contributed by atoms with Crippen LogP contribution in [0.25, 0.3) is 0 Å². The molecule has 1 aromatic carbocycles. The second kappa shape index (κ2) is 5.73. The summed E-state index contributed by atoms with van der Waals surface area (Å²) >= 11 is 5.82. The number of hydrogen-bond acceptors (Lipinski definition) is 4. The first kappa shape index (κ1) is 15.6. The van der Waals surface area contributed by atoms with Crippen LogP contribution in [0.5, 0.6) is 0 Å². The van der Waals surface area contributed by atoms with Gasteiger partial charge in [0.2, 0.25) is 0 Å². The zero-order valence-electron chi connectivity index (χ0n) is 11.5. The van der Waals surface area contributed by atoms with Gasteiger partial charge in [0, 0.05) is 11.9 Å². The number of anilines is 2. The summed E-state index contributed by atoms with van der Waals surface area (Å²) in [6, 6.07) is 7.74. The lowest BCUT2D eigenvalue weighted by Gasteiger charge is -2.35. The Bertz CT molecular complexity index is 751. The van der Waals surface area contributed by atoms with E-state index in [1.54, 1.807) is 6.07 Å². The first-order valence-corrected chi connectivity index (χ1v) is 7.13. The number of aromatic nitrogens is 1. The highest BCUT2D eigenvalue weighted by Gasteiger charge is 2.36. The van der Waals surface area contributed by atoms with Gasteiger partial charge in [-0.15, -0.1) is 11.6 Å². The third-order valence-electron chi connectivity index (χ3n) is 3.35. The molecule has 1 atom stereocenters. The Kier molecular flexibility index (Phi) is 3.89. The summed E-state index contributed by atoms with van der Waals surface area (Å²) in [6.07, 6.45) is -3.97. The fourth-order valence-electron chi connectivity index (χ4n) is 2.35. The lowest BCUT2D eigenvalue weighted by molar-refractivity contribution is -0.137. The van der Waals surface area contributed by atoms with Crippen molar-refractivity contribution in [2.75, 3.05) is 10.8 Å². The van der Waals surface area contributed by atoms with Crippen LogP contribution in [0.1, 0.15) is 15.9 Å². The summed E-state index contributed by atoms with van der Waals surface area (Å²) in [4.78, 5) is 17.4. The number of nitrogens with zero attached hydrogens (tertiary/aromatic N) is 2. The molecule has 0 saturated heterocycles. The first-order valence-electron chi connectivity index (χ1n) is 6.60. The highest BCUT2D eigenvalue weighted by atomic mass is 35.5. The van der Waals surface area contributed by atoms with E-state index in [4.69, 9.17) is 16.3 Å². The van der Waals surface area contributed by atoms with Gasteiger partial charge in [-0.05, 0) is 30.3 Å². The minimum absolute atomic E-state index is 0.113. The van der Waals surface area contributed by atoms with Gasteiger partial charge >= 0.3 is 12.1 Å². The Morgan fingerprint density at radius 1 is 1.26 bits per heavy atom. The van der Waals surface area contributed by atoms with Crippen molar-refractivity contribution in [2.24, 2.45) is 0 Å². The largest absolute Gasteiger partial charge is 0.436 e. The third-order valence-corrected chi connectivity index (χ3v) is 3.61. The number of ether oxygens (including phenoxy) is 1. The van der Waals surface area contributed by atoms with Gasteiger partial charge in [0.15, 0.2) is 12.0 Å². The first-order chi connectivity index (χ1) is 10.9. The van der Waals surface area contributed by atoms with Gasteiger partial charge in [0.1, 0.15) is 5.56 Å². The third kappa shape index (κ3) is 2.84. The molecule has 0 N–H and O–H groups in total. The van der Waals surface area contributed by atoms with Crippen molar-refractivity contribution >= 4 is 29.1 Å². The highest BCUT2D eigenvalue weighted by molar-refractivity contribution is 6.18. The predicted molar refractivity (Wildman–Crippen MR) is 77.7 cm³/mol. The van der Waals surface area contributed by atoms with Crippen molar-refractivity contribution in [3.05, 3.63) is 53.7 Å². The molecule has 120 valence electrons. The SMILES string of the molecule is O=C1OC(CCl)N(c2cccc(C(F)(F)F)c2)c2ncccc21. The summed E-state index contributed by atoms with van der Waals surface area (Å²) < 4.78 is 44.0. The monoisotopic (exact) mass is 342 g/mol. The quantitative estimate of drug-likeness (QED) is 0.611. The molecule has 0 bridgehead atoms. The van der Waals surface area contributed by atoms with E-state index < -0.39 is 23.9 Å². The number of rotatable bonds is 2. The van der Waals surface area contributed by atoms with E-state index >= 15 is 0 Å². The molecular weight excluding hydrogens is 333 g/mol. The van der Waals surface area contributed by atoms with Crippen molar-refractivity contribution in [2.45, 2.75) is 12.4 Å². The molecule has 0 saturated carbocycles. The van der Waals surface area contributed by atoms with Crippen LogP contribution >= 0.6 is 11.6 Å². The Morgan fingerprint density at radius 2 is 2.04 bits per heavy atom. The summed E-state index contributed by atoms with van der Waals surface area (Å²) in [5.41, 5.74) is -0.443. The molecule has 1 aromatic heterocycles. The van der Waals surface area contributed by atoms with E-state index in [1.165, 1.54) is 29.3 Å². The molecule has 1 unspecified atom stereocenters. The van der Waals surface area contributed by atoms with Crippen molar-refractivity contribution in [1.82, 2.24) is 4.98 Å². The van der Waals surface area contributed by atoms with Gasteiger partial charge in [-0.3, -0.25) is 4.90 Å². The number of carbonyl (C=O) groups excluding carboxylic acids is 1. The molecule has 2 aromatic rings. The van der Waals surface area contributed by atoms with E-state index in [-0.39, 0.29) is 22.9 Å². The number of pyridine rings is 1. The maximum atomic E-state index is 12.9. The molecule has 0 fully saturated rings. The topological polar surface area (TPSA) is 42.4 Å². The lowest BCUT2D eigenvalue weighted by Crippen LogP contribution is -2.42. The molecule has 8 heteroatoms. The predicted octanol–water partition coefficient (Wildman–Crippen LogP) is 3.97. The van der Waals surface area contributed by atoms with Crippen LogP contribution in [0.15, 0.2) is 42.6 Å². The van der Waals surface area contributed by atoms with Crippen LogP contribution in [0.4, 0.5) is 24.7 Å². The number of esters is 1. The molecule has 1 aliphatic heterocycles. The summed E-state index contributed by atoms with van der Waals surface area (Å²) in [5.74, 6) is -0.506.